The van der Waals surface area contributed by atoms with Crippen LogP contribution in [0.3, 0.4) is 0 Å². The highest BCUT2D eigenvalue weighted by atomic mass is 32.2. The fourth-order valence-electron chi connectivity index (χ4n) is 1.50. The van der Waals surface area contributed by atoms with E-state index in [2.05, 4.69) is 0 Å². The maximum Gasteiger partial charge on any atom is 0.233 e. The van der Waals surface area contributed by atoms with Crippen molar-refractivity contribution in [2.24, 2.45) is 0 Å². The number of nitrogens with zero attached hydrogens (tertiary/aromatic N) is 1. The van der Waals surface area contributed by atoms with Crippen LogP contribution in [0.4, 0.5) is 0 Å². The Bertz CT molecular complexity index is 323. The van der Waals surface area contributed by atoms with Crippen LogP contribution in [-0.4, -0.2) is 41.4 Å². The Labute approximate surface area is 107 Å². The van der Waals surface area contributed by atoms with Crippen molar-refractivity contribution < 1.29 is 9.90 Å². The van der Waals surface area contributed by atoms with E-state index in [-0.39, 0.29) is 12.5 Å². The maximum absolute atomic E-state index is 11.9. The van der Waals surface area contributed by atoms with Gasteiger partial charge >= 0.3 is 0 Å². The van der Waals surface area contributed by atoms with Gasteiger partial charge in [-0.3, -0.25) is 4.79 Å². The smallest absolute Gasteiger partial charge is 0.233 e. The van der Waals surface area contributed by atoms with Crippen LogP contribution >= 0.6 is 11.8 Å². The molecule has 0 aliphatic carbocycles. The molecule has 0 saturated heterocycles. The van der Waals surface area contributed by atoms with Crippen molar-refractivity contribution in [2.75, 3.05) is 25.4 Å². The molecule has 0 aromatic heterocycles. The zero-order chi connectivity index (χ0) is 12.5. The Morgan fingerprint density at radius 2 is 2.00 bits per heavy atom. The van der Waals surface area contributed by atoms with E-state index in [0.717, 1.165) is 17.9 Å². The van der Waals surface area contributed by atoms with Crippen LogP contribution < -0.4 is 0 Å². The third-order valence-corrected chi connectivity index (χ3v) is 3.32. The maximum atomic E-state index is 11.9. The van der Waals surface area contributed by atoms with Gasteiger partial charge in [0.15, 0.2) is 0 Å². The number of carbonyl (C=O) groups is 1. The largest absolute Gasteiger partial charge is 0.395 e. The standard InChI is InChI=1S/C13H19NO2S/c1-2-8-14(9-10-15)13(16)11-17-12-6-4-3-5-7-12/h3-7,15H,2,8-11H2,1H3. The van der Waals surface area contributed by atoms with Gasteiger partial charge in [-0.1, -0.05) is 25.1 Å². The molecule has 0 fully saturated rings. The fourth-order valence-corrected chi connectivity index (χ4v) is 2.33. The van der Waals surface area contributed by atoms with Crippen LogP contribution in [0.25, 0.3) is 0 Å². The fraction of sp³-hybridized carbons (Fsp3) is 0.462. The second-order valence-corrected chi connectivity index (χ2v) is 4.75. The number of amides is 1. The minimum absolute atomic E-state index is 0.0295. The molecule has 1 aromatic carbocycles. The summed E-state index contributed by atoms with van der Waals surface area (Å²) in [5.74, 6) is 0.527. The first kappa shape index (κ1) is 14.1. The van der Waals surface area contributed by atoms with Gasteiger partial charge in [-0.15, -0.1) is 11.8 Å². The molecule has 0 aliphatic heterocycles. The van der Waals surface area contributed by atoms with Crippen LogP contribution in [0.5, 0.6) is 0 Å². The summed E-state index contributed by atoms with van der Waals surface area (Å²) < 4.78 is 0. The lowest BCUT2D eigenvalue weighted by atomic mass is 10.4. The van der Waals surface area contributed by atoms with Gasteiger partial charge in [-0.25, -0.2) is 0 Å². The van der Waals surface area contributed by atoms with Crippen molar-refractivity contribution in [3.63, 3.8) is 0 Å². The molecule has 1 N–H and O–H groups in total. The van der Waals surface area contributed by atoms with Crippen LogP contribution in [0.15, 0.2) is 35.2 Å². The zero-order valence-corrected chi connectivity index (χ0v) is 10.9. The van der Waals surface area contributed by atoms with E-state index in [1.165, 1.54) is 11.8 Å². The van der Waals surface area contributed by atoms with E-state index in [1.807, 2.05) is 37.3 Å². The molecule has 17 heavy (non-hydrogen) atoms. The number of thioether (sulfide) groups is 1. The number of hydrogen-bond acceptors (Lipinski definition) is 3. The molecule has 0 bridgehead atoms. The van der Waals surface area contributed by atoms with Crippen molar-refractivity contribution in [3.05, 3.63) is 30.3 Å². The summed E-state index contributed by atoms with van der Waals surface area (Å²) in [4.78, 5) is 14.7. The quantitative estimate of drug-likeness (QED) is 0.756. The lowest BCUT2D eigenvalue weighted by Gasteiger charge is -2.20. The molecule has 0 radical (unpaired) electrons. The highest BCUT2D eigenvalue weighted by Gasteiger charge is 2.11. The van der Waals surface area contributed by atoms with Gasteiger partial charge in [-0.2, -0.15) is 0 Å². The highest BCUT2D eigenvalue weighted by molar-refractivity contribution is 8.00. The topological polar surface area (TPSA) is 40.5 Å². The summed E-state index contributed by atoms with van der Waals surface area (Å²) >= 11 is 1.54. The summed E-state index contributed by atoms with van der Waals surface area (Å²) in [7, 11) is 0. The van der Waals surface area contributed by atoms with Crippen LogP contribution in [-0.2, 0) is 4.79 Å². The molecule has 0 atom stereocenters. The zero-order valence-electron chi connectivity index (χ0n) is 10.1. The molecule has 3 nitrogen and oxygen atoms in total. The van der Waals surface area contributed by atoms with Crippen molar-refractivity contribution in [3.8, 4) is 0 Å². The molecule has 4 heteroatoms. The minimum atomic E-state index is 0.0295. The lowest BCUT2D eigenvalue weighted by molar-refractivity contribution is -0.128. The van der Waals surface area contributed by atoms with Crippen molar-refractivity contribution in [1.29, 1.82) is 0 Å². The Hall–Kier alpha value is -1.00. The number of aliphatic hydroxyl groups is 1. The third-order valence-electron chi connectivity index (χ3n) is 2.32. The number of benzene rings is 1. The van der Waals surface area contributed by atoms with Gasteiger partial charge in [0, 0.05) is 18.0 Å². The molecule has 94 valence electrons. The number of rotatable bonds is 7. The third kappa shape index (κ3) is 5.24. The van der Waals surface area contributed by atoms with E-state index >= 15 is 0 Å². The molecule has 0 unspecified atom stereocenters. The predicted octanol–water partition coefficient (Wildman–Crippen LogP) is 2.01. The summed E-state index contributed by atoms with van der Waals surface area (Å²) in [6.07, 6.45) is 0.918. The van der Waals surface area contributed by atoms with Gasteiger partial charge in [0.1, 0.15) is 0 Å². The normalized spacial score (nSPS) is 10.2. The molecule has 1 amide bonds. The minimum Gasteiger partial charge on any atom is -0.395 e. The van der Waals surface area contributed by atoms with E-state index in [1.54, 1.807) is 4.90 Å². The molecular formula is C13H19NO2S. The first-order valence-electron chi connectivity index (χ1n) is 5.84. The second-order valence-electron chi connectivity index (χ2n) is 3.71. The van der Waals surface area contributed by atoms with Gasteiger partial charge in [0.2, 0.25) is 5.91 Å². The first-order chi connectivity index (χ1) is 8.27. The molecule has 0 heterocycles. The number of hydrogen-bond donors (Lipinski definition) is 1. The lowest BCUT2D eigenvalue weighted by Crippen LogP contribution is -2.35. The monoisotopic (exact) mass is 253 g/mol. The Balaban J connectivity index is 2.41. The van der Waals surface area contributed by atoms with E-state index in [0.29, 0.717) is 12.3 Å². The van der Waals surface area contributed by atoms with Crippen molar-refractivity contribution in [2.45, 2.75) is 18.2 Å². The van der Waals surface area contributed by atoms with Crippen LogP contribution in [0.2, 0.25) is 0 Å². The van der Waals surface area contributed by atoms with Crippen LogP contribution in [0.1, 0.15) is 13.3 Å². The van der Waals surface area contributed by atoms with E-state index in [4.69, 9.17) is 5.11 Å². The van der Waals surface area contributed by atoms with Crippen LogP contribution in [0, 0.1) is 0 Å². The summed E-state index contributed by atoms with van der Waals surface area (Å²) in [5.41, 5.74) is 0. The molecule has 0 aliphatic rings. The SMILES string of the molecule is CCCN(CCO)C(=O)CSc1ccccc1. The molecule has 1 rings (SSSR count). The Kier molecular flexibility index (Phi) is 6.74. The highest BCUT2D eigenvalue weighted by Crippen LogP contribution is 2.17. The molecular weight excluding hydrogens is 234 g/mol. The summed E-state index contributed by atoms with van der Waals surface area (Å²) in [6.45, 7) is 3.21. The summed E-state index contributed by atoms with van der Waals surface area (Å²) in [5, 5.41) is 8.90. The Morgan fingerprint density at radius 3 is 2.59 bits per heavy atom. The molecule has 1 aromatic rings. The van der Waals surface area contributed by atoms with E-state index < -0.39 is 0 Å². The van der Waals surface area contributed by atoms with Gasteiger partial charge in [-0.05, 0) is 18.6 Å². The number of carbonyl (C=O) groups excluding carboxylic acids is 1. The second kappa shape index (κ2) is 8.14. The van der Waals surface area contributed by atoms with Gasteiger partial charge in [0.25, 0.3) is 0 Å². The van der Waals surface area contributed by atoms with Crippen molar-refractivity contribution in [1.82, 2.24) is 4.90 Å². The Morgan fingerprint density at radius 1 is 1.29 bits per heavy atom. The van der Waals surface area contributed by atoms with Gasteiger partial charge in [0.05, 0.1) is 12.4 Å². The molecule has 0 saturated carbocycles. The molecule has 0 spiro atoms. The number of aliphatic hydroxyl groups excluding tert-OH is 1. The average Bonchev–Trinajstić information content (AvgIpc) is 2.37. The predicted molar refractivity (Wildman–Crippen MR) is 71.1 cm³/mol. The van der Waals surface area contributed by atoms with Crippen molar-refractivity contribution >= 4 is 17.7 Å². The van der Waals surface area contributed by atoms with E-state index in [9.17, 15) is 4.79 Å². The first-order valence-corrected chi connectivity index (χ1v) is 6.83. The summed E-state index contributed by atoms with van der Waals surface area (Å²) in [6, 6.07) is 9.87. The average molecular weight is 253 g/mol. The van der Waals surface area contributed by atoms with Gasteiger partial charge < -0.3 is 10.0 Å².